The molecule has 0 fully saturated rings. The number of hydrogen-bond acceptors (Lipinski definition) is 4. The molecule has 0 saturated carbocycles. The van der Waals surface area contributed by atoms with E-state index in [1.54, 1.807) is 0 Å². The summed E-state index contributed by atoms with van der Waals surface area (Å²) in [6.45, 7) is 4.92. The van der Waals surface area contributed by atoms with Crippen molar-refractivity contribution >= 4 is 11.6 Å². The molecule has 0 saturated heterocycles. The molecule has 0 aliphatic carbocycles. The highest BCUT2D eigenvalue weighted by Crippen LogP contribution is 2.24. The largest absolute Gasteiger partial charge is 0.489 e. The third-order valence-corrected chi connectivity index (χ3v) is 3.88. The zero-order valence-electron chi connectivity index (χ0n) is 13.9. The van der Waals surface area contributed by atoms with Crippen LogP contribution in [-0.4, -0.2) is 31.5 Å². The van der Waals surface area contributed by atoms with Crippen LogP contribution in [0.3, 0.4) is 0 Å². The zero-order chi connectivity index (χ0) is 17.2. The van der Waals surface area contributed by atoms with Crippen molar-refractivity contribution in [1.82, 2.24) is 5.32 Å². The summed E-state index contributed by atoms with van der Waals surface area (Å²) in [6.07, 6.45) is 0. The lowest BCUT2D eigenvalue weighted by Gasteiger charge is -2.14. The molecule has 2 rings (SSSR count). The van der Waals surface area contributed by atoms with E-state index in [1.807, 2.05) is 30.3 Å². The molecule has 2 aromatic rings. The Morgan fingerprint density at radius 2 is 1.92 bits per heavy atom. The molecule has 0 atom stereocenters. The van der Waals surface area contributed by atoms with Gasteiger partial charge in [-0.25, -0.2) is 0 Å². The number of nitrogens with one attached hydrogen (secondary N) is 1. The van der Waals surface area contributed by atoms with Crippen molar-refractivity contribution in [3.8, 4) is 5.75 Å². The minimum atomic E-state index is 0.0468. The molecule has 0 radical (unpaired) electrons. The minimum absolute atomic E-state index is 0.0468. The zero-order valence-corrected chi connectivity index (χ0v) is 14.7. The number of aliphatic hydroxyl groups excluding tert-OH is 1. The van der Waals surface area contributed by atoms with Gasteiger partial charge in [-0.15, -0.1) is 0 Å². The van der Waals surface area contributed by atoms with E-state index in [9.17, 15) is 0 Å². The van der Waals surface area contributed by atoms with E-state index in [-0.39, 0.29) is 6.61 Å². The highest BCUT2D eigenvalue weighted by Gasteiger charge is 2.06. The summed E-state index contributed by atoms with van der Waals surface area (Å²) < 4.78 is 11.2. The van der Waals surface area contributed by atoms with Gasteiger partial charge in [0.05, 0.1) is 19.8 Å². The molecule has 5 heteroatoms. The number of aliphatic hydroxyl groups is 1. The Balaban J connectivity index is 1.91. The second-order valence-corrected chi connectivity index (χ2v) is 5.92. The molecule has 0 spiro atoms. The first-order valence-corrected chi connectivity index (χ1v) is 8.43. The molecule has 0 aliphatic heterocycles. The van der Waals surface area contributed by atoms with Crippen molar-refractivity contribution in [2.24, 2.45) is 0 Å². The monoisotopic (exact) mass is 349 g/mol. The van der Waals surface area contributed by atoms with Gasteiger partial charge < -0.3 is 19.9 Å². The number of ether oxygens (including phenoxy) is 2. The molecule has 0 aromatic heterocycles. The smallest absolute Gasteiger partial charge is 0.124 e. The number of rotatable bonds is 10. The molecule has 0 bridgehead atoms. The second kappa shape index (κ2) is 10.3. The van der Waals surface area contributed by atoms with Crippen molar-refractivity contribution in [2.45, 2.75) is 20.1 Å². The van der Waals surface area contributed by atoms with Crippen LogP contribution in [0.4, 0.5) is 0 Å². The Morgan fingerprint density at radius 3 is 2.71 bits per heavy atom. The molecular formula is C19H24ClNO3. The second-order valence-electron chi connectivity index (χ2n) is 5.48. The van der Waals surface area contributed by atoms with Gasteiger partial charge in [0, 0.05) is 23.7 Å². The number of hydrogen-bond donors (Lipinski definition) is 2. The van der Waals surface area contributed by atoms with Crippen LogP contribution in [0.2, 0.25) is 5.02 Å². The molecular weight excluding hydrogens is 326 g/mol. The van der Waals surface area contributed by atoms with Gasteiger partial charge in [0.25, 0.3) is 0 Å². The van der Waals surface area contributed by atoms with Crippen molar-refractivity contribution < 1.29 is 14.6 Å². The van der Waals surface area contributed by atoms with Gasteiger partial charge in [0.1, 0.15) is 12.4 Å². The van der Waals surface area contributed by atoms with Gasteiger partial charge in [0.15, 0.2) is 0 Å². The summed E-state index contributed by atoms with van der Waals surface area (Å²) in [6, 6.07) is 13.8. The molecule has 2 N–H and O–H groups in total. The summed E-state index contributed by atoms with van der Waals surface area (Å²) in [5, 5.41) is 12.6. The predicted molar refractivity (Wildman–Crippen MR) is 96.6 cm³/mol. The topological polar surface area (TPSA) is 50.7 Å². The highest BCUT2D eigenvalue weighted by atomic mass is 35.5. The Morgan fingerprint density at radius 1 is 1.08 bits per heavy atom. The fourth-order valence-electron chi connectivity index (χ4n) is 2.29. The van der Waals surface area contributed by atoms with Crippen molar-refractivity contribution in [2.75, 3.05) is 26.4 Å². The molecule has 4 nitrogen and oxygen atoms in total. The number of aryl methyl sites for hydroxylation is 1. The summed E-state index contributed by atoms with van der Waals surface area (Å²) >= 11 is 6.10. The first kappa shape index (κ1) is 18.7. The van der Waals surface area contributed by atoms with Crippen LogP contribution in [-0.2, 0) is 17.9 Å². The molecule has 130 valence electrons. The fraction of sp³-hybridized carbons (Fsp3) is 0.368. The molecule has 0 heterocycles. The number of halogens is 1. The standard InChI is InChI=1S/C19H24ClNO3/c1-15-4-2-3-5-16(15)14-24-19-7-6-18(20)12-17(19)13-21-8-10-23-11-9-22/h2-7,12,21-22H,8-11,13-14H2,1H3. The van der Waals surface area contributed by atoms with Crippen molar-refractivity contribution in [3.63, 3.8) is 0 Å². The van der Waals surface area contributed by atoms with Crippen LogP contribution < -0.4 is 10.1 Å². The van der Waals surface area contributed by atoms with Crippen LogP contribution in [0, 0.1) is 6.92 Å². The molecule has 2 aromatic carbocycles. The molecule has 24 heavy (non-hydrogen) atoms. The van der Waals surface area contributed by atoms with E-state index in [4.69, 9.17) is 26.2 Å². The van der Waals surface area contributed by atoms with Gasteiger partial charge in [0.2, 0.25) is 0 Å². The molecule has 0 aliphatic rings. The SMILES string of the molecule is Cc1ccccc1COc1ccc(Cl)cc1CNCCOCCO. The lowest BCUT2D eigenvalue weighted by Crippen LogP contribution is -2.20. The van der Waals surface area contributed by atoms with Crippen molar-refractivity contribution in [3.05, 3.63) is 64.2 Å². The van der Waals surface area contributed by atoms with E-state index in [1.165, 1.54) is 11.1 Å². The van der Waals surface area contributed by atoms with E-state index < -0.39 is 0 Å². The summed E-state index contributed by atoms with van der Waals surface area (Å²) in [5.74, 6) is 0.825. The minimum Gasteiger partial charge on any atom is -0.489 e. The van der Waals surface area contributed by atoms with Crippen LogP contribution in [0.5, 0.6) is 5.75 Å². The summed E-state index contributed by atoms with van der Waals surface area (Å²) in [4.78, 5) is 0. The third kappa shape index (κ3) is 6.13. The van der Waals surface area contributed by atoms with E-state index >= 15 is 0 Å². The van der Waals surface area contributed by atoms with Gasteiger partial charge in [-0.2, -0.15) is 0 Å². The predicted octanol–water partition coefficient (Wildman–Crippen LogP) is 3.33. The van der Waals surface area contributed by atoms with Gasteiger partial charge in [-0.3, -0.25) is 0 Å². The van der Waals surface area contributed by atoms with Crippen LogP contribution in [0.15, 0.2) is 42.5 Å². The van der Waals surface area contributed by atoms with Crippen LogP contribution in [0.25, 0.3) is 0 Å². The van der Waals surface area contributed by atoms with Crippen LogP contribution >= 0.6 is 11.6 Å². The van der Waals surface area contributed by atoms with E-state index in [0.29, 0.717) is 37.9 Å². The lowest BCUT2D eigenvalue weighted by atomic mass is 10.1. The Labute approximate surface area is 148 Å². The summed E-state index contributed by atoms with van der Waals surface area (Å²) in [5.41, 5.74) is 3.40. The molecule has 0 unspecified atom stereocenters. The average Bonchev–Trinajstić information content (AvgIpc) is 2.58. The Kier molecular flexibility index (Phi) is 8.05. The maximum Gasteiger partial charge on any atom is 0.124 e. The first-order valence-electron chi connectivity index (χ1n) is 8.05. The normalized spacial score (nSPS) is 10.8. The van der Waals surface area contributed by atoms with Crippen molar-refractivity contribution in [1.29, 1.82) is 0 Å². The fourth-order valence-corrected chi connectivity index (χ4v) is 2.48. The average molecular weight is 350 g/mol. The van der Waals surface area contributed by atoms with Gasteiger partial charge >= 0.3 is 0 Å². The highest BCUT2D eigenvalue weighted by molar-refractivity contribution is 6.30. The Hall–Kier alpha value is -1.59. The summed E-state index contributed by atoms with van der Waals surface area (Å²) in [7, 11) is 0. The van der Waals surface area contributed by atoms with E-state index in [2.05, 4.69) is 24.4 Å². The van der Waals surface area contributed by atoms with Gasteiger partial charge in [-0.05, 0) is 36.2 Å². The third-order valence-electron chi connectivity index (χ3n) is 3.64. The number of benzene rings is 2. The van der Waals surface area contributed by atoms with Gasteiger partial charge in [-0.1, -0.05) is 35.9 Å². The quantitative estimate of drug-likeness (QED) is 0.646. The lowest BCUT2D eigenvalue weighted by molar-refractivity contribution is 0.0937. The van der Waals surface area contributed by atoms with E-state index in [0.717, 1.165) is 11.3 Å². The maximum atomic E-state index is 8.66. The molecule has 0 amide bonds. The van der Waals surface area contributed by atoms with Crippen LogP contribution in [0.1, 0.15) is 16.7 Å². The first-order chi connectivity index (χ1) is 11.7. The maximum absolute atomic E-state index is 8.66. The Bertz CT molecular complexity index is 634.